The number of nitrogens with zero attached hydrogens (tertiary/aromatic N) is 6. The number of rotatable bonds is 4. The molecule has 3 aromatic rings. The standard InChI is InChI=1S/C11H13N7/c12-11-15-9-3-1-4-13-10(9)18(11)7-2-6-17-8-5-14-16-17/h1,3-5,8H,2,6-7H2,(H2,12,15). The number of pyridine rings is 1. The molecule has 0 saturated carbocycles. The summed E-state index contributed by atoms with van der Waals surface area (Å²) < 4.78 is 3.72. The van der Waals surface area contributed by atoms with Crippen LogP contribution < -0.4 is 5.73 Å². The summed E-state index contributed by atoms with van der Waals surface area (Å²) in [7, 11) is 0. The monoisotopic (exact) mass is 243 g/mol. The zero-order valence-corrected chi connectivity index (χ0v) is 9.77. The molecule has 92 valence electrons. The second-order valence-corrected chi connectivity index (χ2v) is 3.99. The predicted octanol–water partition coefficient (Wildman–Crippen LogP) is 0.695. The Balaban J connectivity index is 1.76. The van der Waals surface area contributed by atoms with Gasteiger partial charge in [0.1, 0.15) is 5.52 Å². The Morgan fingerprint density at radius 3 is 3.00 bits per heavy atom. The molecule has 3 aromatic heterocycles. The number of fused-ring (bicyclic) bond motifs is 1. The first kappa shape index (κ1) is 10.7. The van der Waals surface area contributed by atoms with Crippen molar-refractivity contribution >= 4 is 17.1 Å². The van der Waals surface area contributed by atoms with Crippen molar-refractivity contribution in [3.05, 3.63) is 30.7 Å². The van der Waals surface area contributed by atoms with Crippen molar-refractivity contribution in [1.29, 1.82) is 0 Å². The highest BCUT2D eigenvalue weighted by atomic mass is 15.4. The molecule has 0 aromatic carbocycles. The molecule has 0 atom stereocenters. The maximum atomic E-state index is 5.89. The van der Waals surface area contributed by atoms with Crippen molar-refractivity contribution < 1.29 is 0 Å². The summed E-state index contributed by atoms with van der Waals surface area (Å²) in [6.07, 6.45) is 6.16. The lowest BCUT2D eigenvalue weighted by molar-refractivity contribution is 0.520. The zero-order valence-electron chi connectivity index (χ0n) is 9.77. The quantitative estimate of drug-likeness (QED) is 0.728. The van der Waals surface area contributed by atoms with Crippen LogP contribution in [0, 0.1) is 0 Å². The van der Waals surface area contributed by atoms with Gasteiger partial charge in [0.25, 0.3) is 0 Å². The molecule has 3 rings (SSSR count). The Bertz CT molecular complexity index is 641. The van der Waals surface area contributed by atoms with E-state index >= 15 is 0 Å². The van der Waals surface area contributed by atoms with E-state index in [1.54, 1.807) is 17.1 Å². The maximum Gasteiger partial charge on any atom is 0.202 e. The van der Waals surface area contributed by atoms with Crippen LogP contribution in [0.2, 0.25) is 0 Å². The van der Waals surface area contributed by atoms with Gasteiger partial charge in [-0.3, -0.25) is 9.25 Å². The van der Waals surface area contributed by atoms with E-state index in [2.05, 4.69) is 20.3 Å². The van der Waals surface area contributed by atoms with Crippen LogP contribution in [0.1, 0.15) is 6.42 Å². The van der Waals surface area contributed by atoms with Crippen LogP contribution >= 0.6 is 0 Å². The normalized spacial score (nSPS) is 11.1. The molecule has 18 heavy (non-hydrogen) atoms. The number of nitrogens with two attached hydrogens (primary N) is 1. The van der Waals surface area contributed by atoms with E-state index in [0.29, 0.717) is 5.95 Å². The van der Waals surface area contributed by atoms with Crippen LogP contribution in [0.15, 0.2) is 30.7 Å². The van der Waals surface area contributed by atoms with E-state index < -0.39 is 0 Å². The highest BCUT2D eigenvalue weighted by Gasteiger charge is 2.07. The van der Waals surface area contributed by atoms with Gasteiger partial charge in [0.05, 0.1) is 6.20 Å². The second kappa shape index (κ2) is 4.44. The van der Waals surface area contributed by atoms with Gasteiger partial charge in [0, 0.05) is 25.5 Å². The Morgan fingerprint density at radius 1 is 1.22 bits per heavy atom. The van der Waals surface area contributed by atoms with Crippen molar-refractivity contribution in [3.63, 3.8) is 0 Å². The first-order valence-electron chi connectivity index (χ1n) is 5.75. The van der Waals surface area contributed by atoms with Gasteiger partial charge in [0.15, 0.2) is 5.65 Å². The molecule has 0 aliphatic heterocycles. The SMILES string of the molecule is Nc1nc2cccnc2n1CCCn1ccnn1. The topological polar surface area (TPSA) is 87.4 Å². The molecule has 7 nitrogen and oxygen atoms in total. The average molecular weight is 243 g/mol. The molecule has 0 fully saturated rings. The van der Waals surface area contributed by atoms with Crippen LogP contribution in [0.4, 0.5) is 5.95 Å². The van der Waals surface area contributed by atoms with Crippen molar-refractivity contribution in [2.75, 3.05) is 5.73 Å². The lowest BCUT2D eigenvalue weighted by Crippen LogP contribution is -2.07. The third kappa shape index (κ3) is 1.90. The van der Waals surface area contributed by atoms with E-state index in [1.807, 2.05) is 22.9 Å². The minimum absolute atomic E-state index is 0.502. The van der Waals surface area contributed by atoms with Crippen LogP contribution in [0.25, 0.3) is 11.2 Å². The smallest absolute Gasteiger partial charge is 0.202 e. The summed E-state index contributed by atoms with van der Waals surface area (Å²) >= 11 is 0. The number of hydrogen-bond acceptors (Lipinski definition) is 5. The van der Waals surface area contributed by atoms with Gasteiger partial charge in [-0.05, 0) is 18.6 Å². The van der Waals surface area contributed by atoms with Gasteiger partial charge >= 0.3 is 0 Å². The van der Waals surface area contributed by atoms with Gasteiger partial charge in [-0.15, -0.1) is 5.10 Å². The minimum atomic E-state index is 0.502. The summed E-state index contributed by atoms with van der Waals surface area (Å²) in [6.45, 7) is 1.56. The van der Waals surface area contributed by atoms with Crippen LogP contribution in [0.5, 0.6) is 0 Å². The Morgan fingerprint density at radius 2 is 2.17 bits per heavy atom. The molecule has 0 spiro atoms. The first-order chi connectivity index (χ1) is 8.84. The van der Waals surface area contributed by atoms with Gasteiger partial charge in [-0.1, -0.05) is 5.21 Å². The van der Waals surface area contributed by atoms with E-state index in [0.717, 1.165) is 30.7 Å². The van der Waals surface area contributed by atoms with Gasteiger partial charge in [-0.25, -0.2) is 9.97 Å². The van der Waals surface area contributed by atoms with Crippen LogP contribution in [-0.4, -0.2) is 29.5 Å². The second-order valence-electron chi connectivity index (χ2n) is 3.99. The van der Waals surface area contributed by atoms with Crippen molar-refractivity contribution in [2.24, 2.45) is 0 Å². The molecule has 3 heterocycles. The summed E-state index contributed by atoms with van der Waals surface area (Å²) in [6, 6.07) is 3.77. The molecule has 0 amide bonds. The van der Waals surface area contributed by atoms with E-state index in [-0.39, 0.29) is 0 Å². The highest BCUT2D eigenvalue weighted by Crippen LogP contribution is 2.15. The Hall–Kier alpha value is -2.44. The van der Waals surface area contributed by atoms with Crippen molar-refractivity contribution in [2.45, 2.75) is 19.5 Å². The molecule has 0 saturated heterocycles. The highest BCUT2D eigenvalue weighted by molar-refractivity contribution is 5.73. The Labute approximate surface area is 103 Å². The molecule has 0 unspecified atom stereocenters. The van der Waals surface area contributed by atoms with E-state index in [1.165, 1.54) is 0 Å². The zero-order chi connectivity index (χ0) is 12.4. The third-order valence-corrected chi connectivity index (χ3v) is 2.77. The van der Waals surface area contributed by atoms with Crippen molar-refractivity contribution in [1.82, 2.24) is 29.5 Å². The number of aryl methyl sites for hydroxylation is 2. The summed E-state index contributed by atoms with van der Waals surface area (Å²) in [4.78, 5) is 8.58. The number of aromatic nitrogens is 6. The van der Waals surface area contributed by atoms with Gasteiger partial charge in [-0.2, -0.15) is 0 Å². The van der Waals surface area contributed by atoms with Gasteiger partial charge in [0.2, 0.25) is 5.95 Å². The molecule has 0 aliphatic carbocycles. The number of imidazole rings is 1. The fourth-order valence-electron chi connectivity index (χ4n) is 1.94. The third-order valence-electron chi connectivity index (χ3n) is 2.77. The predicted molar refractivity (Wildman–Crippen MR) is 66.6 cm³/mol. The minimum Gasteiger partial charge on any atom is -0.369 e. The fourth-order valence-corrected chi connectivity index (χ4v) is 1.94. The number of hydrogen-bond donors (Lipinski definition) is 1. The lowest BCUT2D eigenvalue weighted by Gasteiger charge is -2.05. The molecule has 0 bridgehead atoms. The summed E-state index contributed by atoms with van der Waals surface area (Å²) in [5, 5.41) is 7.68. The van der Waals surface area contributed by atoms with Crippen molar-refractivity contribution in [3.8, 4) is 0 Å². The Kier molecular flexibility index (Phi) is 2.64. The van der Waals surface area contributed by atoms with Gasteiger partial charge < -0.3 is 5.73 Å². The molecule has 7 heteroatoms. The van der Waals surface area contributed by atoms with Crippen LogP contribution in [0.3, 0.4) is 0 Å². The lowest BCUT2D eigenvalue weighted by atomic mass is 10.4. The molecular formula is C11H13N7. The number of nitrogen functional groups attached to an aromatic ring is 1. The summed E-state index contributed by atoms with van der Waals surface area (Å²) in [5.74, 6) is 0.502. The largest absolute Gasteiger partial charge is 0.369 e. The van der Waals surface area contributed by atoms with Crippen LogP contribution in [-0.2, 0) is 13.1 Å². The molecule has 0 aliphatic rings. The van der Waals surface area contributed by atoms with E-state index in [4.69, 9.17) is 5.73 Å². The molecule has 2 N–H and O–H groups in total. The number of anilines is 1. The average Bonchev–Trinajstić information content (AvgIpc) is 2.98. The first-order valence-corrected chi connectivity index (χ1v) is 5.75. The fraction of sp³-hybridized carbons (Fsp3) is 0.273. The maximum absolute atomic E-state index is 5.89. The van der Waals surface area contributed by atoms with E-state index in [9.17, 15) is 0 Å². The molecular weight excluding hydrogens is 230 g/mol. The summed E-state index contributed by atoms with van der Waals surface area (Å²) in [5.41, 5.74) is 7.55. The molecule has 0 radical (unpaired) electrons.